The highest BCUT2D eigenvalue weighted by atomic mass is 28.3. The maximum absolute atomic E-state index is 3.87. The van der Waals surface area contributed by atoms with Crippen LogP contribution in [0.4, 0.5) is 0 Å². The van der Waals surface area contributed by atoms with Crippen LogP contribution in [-0.2, 0) is 0 Å². The highest BCUT2D eigenvalue weighted by molar-refractivity contribution is 6.60. The molecule has 0 saturated carbocycles. The van der Waals surface area contributed by atoms with Crippen molar-refractivity contribution in [1.82, 2.24) is 4.90 Å². The van der Waals surface area contributed by atoms with Crippen molar-refractivity contribution in [3.63, 3.8) is 0 Å². The molecule has 1 nitrogen and oxygen atoms in total. The molecule has 13 heavy (non-hydrogen) atoms. The number of rotatable bonds is 7. The largest absolute Gasteiger partial charge is 0.310 e. The quantitative estimate of drug-likeness (QED) is 0.450. The lowest BCUT2D eigenvalue weighted by atomic mass is 10.3. The summed E-state index contributed by atoms with van der Waals surface area (Å²) in [6.07, 6.45) is 4.79. The van der Waals surface area contributed by atoms with E-state index in [1.807, 2.05) is 0 Å². The van der Waals surface area contributed by atoms with Gasteiger partial charge in [-0.15, -0.1) is 6.58 Å². The molecule has 0 fully saturated rings. The van der Waals surface area contributed by atoms with Crippen molar-refractivity contribution >= 4 is 8.80 Å². The molecule has 0 heterocycles. The van der Waals surface area contributed by atoms with Gasteiger partial charge in [-0.3, -0.25) is 0 Å². The molecule has 2 atom stereocenters. The van der Waals surface area contributed by atoms with Crippen LogP contribution in [0.5, 0.6) is 0 Å². The maximum atomic E-state index is 3.87. The molecule has 0 bridgehead atoms. The van der Waals surface area contributed by atoms with Crippen molar-refractivity contribution in [1.29, 1.82) is 0 Å². The third-order valence-corrected chi connectivity index (χ3v) is 6.79. The van der Waals surface area contributed by atoms with Gasteiger partial charge in [0.1, 0.15) is 0 Å². The van der Waals surface area contributed by atoms with Crippen LogP contribution < -0.4 is 0 Å². The predicted octanol–water partition coefficient (Wildman–Crippen LogP) is 2.69. The van der Waals surface area contributed by atoms with Gasteiger partial charge in [0, 0.05) is 0 Å². The molecule has 0 aromatic heterocycles. The topological polar surface area (TPSA) is 3.24 Å². The maximum Gasteiger partial charge on any atom is 0.0603 e. The molecule has 0 aromatic carbocycles. The smallest absolute Gasteiger partial charge is 0.0603 e. The summed E-state index contributed by atoms with van der Waals surface area (Å²) in [5.41, 5.74) is 0.869. The normalized spacial score (nSPS) is 15.8. The summed E-state index contributed by atoms with van der Waals surface area (Å²) in [6, 6.07) is 2.69. The second kappa shape index (κ2) is 7.33. The summed E-state index contributed by atoms with van der Waals surface area (Å²) < 4.78 is 0. The third-order valence-electron chi connectivity index (χ3n) is 2.79. The predicted molar refractivity (Wildman–Crippen MR) is 65.0 cm³/mol. The summed E-state index contributed by atoms with van der Waals surface area (Å²) in [7, 11) is 3.85. The summed E-state index contributed by atoms with van der Waals surface area (Å²) in [4.78, 5) is 2.42. The molecule has 0 spiro atoms. The van der Waals surface area contributed by atoms with E-state index in [0.717, 1.165) is 5.67 Å². The molecule has 0 aliphatic carbocycles. The van der Waals surface area contributed by atoms with E-state index in [0.29, 0.717) is 0 Å². The van der Waals surface area contributed by atoms with Gasteiger partial charge < -0.3 is 4.90 Å². The van der Waals surface area contributed by atoms with E-state index in [-0.39, 0.29) is 0 Å². The Morgan fingerprint density at radius 1 is 1.38 bits per heavy atom. The fraction of sp³-hybridized carbons (Fsp3) is 0.818. The Morgan fingerprint density at radius 3 is 2.31 bits per heavy atom. The van der Waals surface area contributed by atoms with Gasteiger partial charge in [0.25, 0.3) is 0 Å². The van der Waals surface area contributed by atoms with Crippen molar-refractivity contribution < 1.29 is 0 Å². The van der Waals surface area contributed by atoms with Crippen molar-refractivity contribution in [2.75, 3.05) is 14.1 Å². The van der Waals surface area contributed by atoms with Gasteiger partial charge in [-0.2, -0.15) is 0 Å². The van der Waals surface area contributed by atoms with Crippen LogP contribution in [0.1, 0.15) is 26.7 Å². The summed E-state index contributed by atoms with van der Waals surface area (Å²) >= 11 is 0. The summed E-state index contributed by atoms with van der Waals surface area (Å²) in [5, 5.41) is 0. The minimum Gasteiger partial charge on any atom is -0.310 e. The molecule has 0 aromatic rings. The Labute approximate surface area is 85.4 Å². The van der Waals surface area contributed by atoms with E-state index in [4.69, 9.17) is 0 Å². The Bertz CT molecular complexity index is 134. The van der Waals surface area contributed by atoms with Gasteiger partial charge in [0.05, 0.1) is 8.80 Å². The SMILES string of the molecule is C=CC[SiH](CC)C(CCC)N(C)C. The highest BCUT2D eigenvalue weighted by Gasteiger charge is 2.20. The molecule has 0 amide bonds. The molecule has 78 valence electrons. The lowest BCUT2D eigenvalue weighted by Crippen LogP contribution is -2.41. The van der Waals surface area contributed by atoms with Gasteiger partial charge in [-0.25, -0.2) is 0 Å². The molecule has 0 aliphatic heterocycles. The van der Waals surface area contributed by atoms with Crippen LogP contribution in [0.2, 0.25) is 12.1 Å². The molecule has 0 rings (SSSR count). The van der Waals surface area contributed by atoms with Crippen molar-refractivity contribution in [2.24, 2.45) is 0 Å². The van der Waals surface area contributed by atoms with E-state index >= 15 is 0 Å². The standard InChI is InChI=1S/C11H25NSi/c1-6-9-11(12(4)5)13(8-3)10-7-2/h7,11,13H,2,6,8-10H2,1,3-5H3. The lowest BCUT2D eigenvalue weighted by molar-refractivity contribution is 0.349. The first kappa shape index (κ1) is 12.9. The zero-order chi connectivity index (χ0) is 10.3. The average molecular weight is 199 g/mol. The van der Waals surface area contributed by atoms with Crippen molar-refractivity contribution in [3.05, 3.63) is 12.7 Å². The first-order valence-corrected chi connectivity index (χ1v) is 7.74. The van der Waals surface area contributed by atoms with Crippen molar-refractivity contribution in [3.8, 4) is 0 Å². The van der Waals surface area contributed by atoms with Gasteiger partial charge in [-0.1, -0.05) is 32.4 Å². The van der Waals surface area contributed by atoms with E-state index in [9.17, 15) is 0 Å². The van der Waals surface area contributed by atoms with Crippen LogP contribution in [0.3, 0.4) is 0 Å². The fourth-order valence-electron chi connectivity index (χ4n) is 2.02. The van der Waals surface area contributed by atoms with Crippen LogP contribution in [-0.4, -0.2) is 33.5 Å². The zero-order valence-corrected chi connectivity index (χ0v) is 10.9. The first-order valence-electron chi connectivity index (χ1n) is 5.44. The molecular weight excluding hydrogens is 174 g/mol. The van der Waals surface area contributed by atoms with Gasteiger partial charge >= 0.3 is 0 Å². The van der Waals surface area contributed by atoms with Crippen LogP contribution in [0.25, 0.3) is 0 Å². The van der Waals surface area contributed by atoms with E-state index < -0.39 is 8.80 Å². The second-order valence-corrected chi connectivity index (χ2v) is 7.59. The van der Waals surface area contributed by atoms with E-state index in [1.165, 1.54) is 24.9 Å². The number of allylic oxidation sites excluding steroid dienone is 1. The molecule has 0 aliphatic rings. The van der Waals surface area contributed by atoms with Gasteiger partial charge in [0.15, 0.2) is 0 Å². The first-order chi connectivity index (χ1) is 6.17. The van der Waals surface area contributed by atoms with E-state index in [2.05, 4.69) is 45.5 Å². The fourth-order valence-corrected chi connectivity index (χ4v) is 5.29. The summed E-state index contributed by atoms with van der Waals surface area (Å²) in [5.74, 6) is 0. The molecule has 0 radical (unpaired) electrons. The molecule has 0 N–H and O–H groups in total. The number of hydrogen-bond acceptors (Lipinski definition) is 1. The van der Waals surface area contributed by atoms with Crippen LogP contribution in [0.15, 0.2) is 12.7 Å². The van der Waals surface area contributed by atoms with E-state index in [1.54, 1.807) is 0 Å². The lowest BCUT2D eigenvalue weighted by Gasteiger charge is -2.30. The highest BCUT2D eigenvalue weighted by Crippen LogP contribution is 2.14. The Hall–Kier alpha value is -0.0831. The molecular formula is C11H25NSi. The Balaban J connectivity index is 4.19. The van der Waals surface area contributed by atoms with Crippen molar-refractivity contribution in [2.45, 2.75) is 44.4 Å². The summed E-state index contributed by atoms with van der Waals surface area (Å²) in [6.45, 7) is 8.49. The minimum absolute atomic E-state index is 0.596. The second-order valence-electron chi connectivity index (χ2n) is 4.01. The molecule has 2 heteroatoms. The van der Waals surface area contributed by atoms with Gasteiger partial charge in [-0.05, 0) is 32.2 Å². The molecule has 0 saturated heterocycles. The zero-order valence-electron chi connectivity index (χ0n) is 9.71. The average Bonchev–Trinajstić information content (AvgIpc) is 2.10. The van der Waals surface area contributed by atoms with Crippen LogP contribution in [0, 0.1) is 0 Å². The number of hydrogen-bond donors (Lipinski definition) is 0. The third kappa shape index (κ3) is 4.63. The minimum atomic E-state index is -0.596. The van der Waals surface area contributed by atoms with Crippen LogP contribution >= 0.6 is 0 Å². The molecule has 2 unspecified atom stereocenters. The van der Waals surface area contributed by atoms with Gasteiger partial charge in [0.2, 0.25) is 0 Å². The Kier molecular flexibility index (Phi) is 7.29. The number of nitrogens with zero attached hydrogens (tertiary/aromatic N) is 1. The Morgan fingerprint density at radius 2 is 2.00 bits per heavy atom. The monoisotopic (exact) mass is 199 g/mol.